The van der Waals surface area contributed by atoms with Crippen LogP contribution in [0.1, 0.15) is 16.7 Å². The highest BCUT2D eigenvalue weighted by Gasteiger charge is 2.42. The lowest BCUT2D eigenvalue weighted by molar-refractivity contribution is -0.137. The molecule has 8 heteroatoms. The number of anilines is 2. The summed E-state index contributed by atoms with van der Waals surface area (Å²) in [6.45, 7) is 2.85. The minimum atomic E-state index is -4.45. The number of alkyl halides is 3. The third kappa shape index (κ3) is 5.23. The molecular weight excluding hydrogens is 470 g/mol. The van der Waals surface area contributed by atoms with Gasteiger partial charge in [-0.15, -0.1) is 0 Å². The van der Waals surface area contributed by atoms with Gasteiger partial charge in [0.15, 0.2) is 0 Å². The van der Waals surface area contributed by atoms with E-state index in [1.54, 1.807) is 6.07 Å². The van der Waals surface area contributed by atoms with E-state index in [-0.39, 0.29) is 18.4 Å². The smallest absolute Gasteiger partial charge is 0.365 e. The van der Waals surface area contributed by atoms with Crippen LogP contribution in [0.2, 0.25) is 0 Å². The fraction of sp³-hybridized carbons (Fsp3) is 0.321. The van der Waals surface area contributed by atoms with Crippen molar-refractivity contribution < 1.29 is 22.4 Å². The van der Waals surface area contributed by atoms with Crippen molar-refractivity contribution in [2.24, 2.45) is 5.92 Å². The molecular formula is C28H27F4N3O. The van der Waals surface area contributed by atoms with Gasteiger partial charge in [-0.05, 0) is 66.4 Å². The molecule has 0 aromatic heterocycles. The van der Waals surface area contributed by atoms with Gasteiger partial charge in [-0.1, -0.05) is 30.3 Å². The first-order valence-corrected chi connectivity index (χ1v) is 12.1. The first-order valence-electron chi connectivity index (χ1n) is 12.1. The van der Waals surface area contributed by atoms with Crippen molar-refractivity contribution >= 4 is 17.3 Å². The Labute approximate surface area is 207 Å². The number of hydrogen-bond donors (Lipinski definition) is 1. The first-order chi connectivity index (χ1) is 17.3. The number of amides is 1. The Morgan fingerprint density at radius 2 is 1.72 bits per heavy atom. The number of hydrogen-bond acceptors (Lipinski definition) is 3. The standard InChI is InChI=1S/C28H27F4N3O/c29-22-7-9-23(10-8-22)33-27(36)24-17-20-16-21(28(30,31)32)6-11-25(20)35-15-14-34(18-26(24)35)13-12-19-4-2-1-3-5-19/h1-11,16,24,26H,12-15,17-18H2,(H,33,36)/t24-,26-/m1/s1. The minimum absolute atomic E-state index is 0.181. The summed E-state index contributed by atoms with van der Waals surface area (Å²) in [5, 5.41) is 2.85. The molecule has 36 heavy (non-hydrogen) atoms. The molecule has 2 aliphatic heterocycles. The normalized spacial score (nSPS) is 19.9. The van der Waals surface area contributed by atoms with E-state index in [0.717, 1.165) is 31.3 Å². The Hall–Kier alpha value is -3.39. The molecule has 0 bridgehead atoms. The highest BCUT2D eigenvalue weighted by molar-refractivity contribution is 5.94. The van der Waals surface area contributed by atoms with E-state index in [2.05, 4.69) is 27.2 Å². The Morgan fingerprint density at radius 1 is 0.972 bits per heavy atom. The quantitative estimate of drug-likeness (QED) is 0.481. The molecule has 188 valence electrons. The maximum atomic E-state index is 13.4. The lowest BCUT2D eigenvalue weighted by Crippen LogP contribution is -2.60. The number of halogens is 4. The molecule has 2 heterocycles. The number of carbonyl (C=O) groups excluding carboxylic acids is 1. The topological polar surface area (TPSA) is 35.6 Å². The Morgan fingerprint density at radius 3 is 2.44 bits per heavy atom. The molecule has 2 aliphatic rings. The molecule has 1 N–H and O–H groups in total. The number of carbonyl (C=O) groups is 1. The van der Waals surface area contributed by atoms with Gasteiger partial charge >= 0.3 is 6.18 Å². The lowest BCUT2D eigenvalue weighted by atomic mass is 9.82. The monoisotopic (exact) mass is 497 g/mol. The van der Waals surface area contributed by atoms with Gasteiger partial charge in [0.2, 0.25) is 5.91 Å². The van der Waals surface area contributed by atoms with Crippen LogP contribution in [-0.2, 0) is 23.8 Å². The summed E-state index contributed by atoms with van der Waals surface area (Å²) in [5.41, 5.74) is 2.28. The lowest BCUT2D eigenvalue weighted by Gasteiger charge is -2.49. The largest absolute Gasteiger partial charge is 0.416 e. The van der Waals surface area contributed by atoms with Gasteiger partial charge in [0.1, 0.15) is 5.82 Å². The van der Waals surface area contributed by atoms with Gasteiger partial charge in [-0.25, -0.2) is 4.39 Å². The number of rotatable bonds is 5. The molecule has 2 atom stereocenters. The molecule has 0 saturated carbocycles. The Bertz CT molecular complexity index is 1210. The molecule has 4 nitrogen and oxygen atoms in total. The predicted octanol–water partition coefficient (Wildman–Crippen LogP) is 5.39. The third-order valence-electron chi connectivity index (χ3n) is 7.13. The van der Waals surface area contributed by atoms with Crippen molar-refractivity contribution in [2.75, 3.05) is 36.4 Å². The molecule has 0 radical (unpaired) electrons. The highest BCUT2D eigenvalue weighted by atomic mass is 19.4. The number of piperazine rings is 1. The van der Waals surface area contributed by atoms with Gasteiger partial charge in [0.25, 0.3) is 0 Å². The molecule has 3 aromatic carbocycles. The zero-order chi connectivity index (χ0) is 25.3. The summed E-state index contributed by atoms with van der Waals surface area (Å²) in [4.78, 5) is 17.8. The number of nitrogens with one attached hydrogen (secondary N) is 1. The van der Waals surface area contributed by atoms with E-state index in [1.165, 1.54) is 35.9 Å². The van der Waals surface area contributed by atoms with E-state index in [1.807, 2.05) is 18.2 Å². The molecule has 0 aliphatic carbocycles. The summed E-state index contributed by atoms with van der Waals surface area (Å²) in [5.74, 6) is -1.23. The zero-order valence-electron chi connectivity index (χ0n) is 19.6. The van der Waals surface area contributed by atoms with E-state index < -0.39 is 23.5 Å². The predicted molar refractivity (Wildman–Crippen MR) is 131 cm³/mol. The molecule has 1 fully saturated rings. The Balaban J connectivity index is 1.40. The van der Waals surface area contributed by atoms with Gasteiger partial charge in [-0.2, -0.15) is 13.2 Å². The fourth-order valence-corrected chi connectivity index (χ4v) is 5.26. The average molecular weight is 498 g/mol. The summed E-state index contributed by atoms with van der Waals surface area (Å²) in [6, 6.07) is 19.3. The number of fused-ring (bicyclic) bond motifs is 3. The number of nitrogens with zero attached hydrogens (tertiary/aromatic N) is 2. The Kier molecular flexibility index (Phi) is 6.71. The van der Waals surface area contributed by atoms with Crippen molar-refractivity contribution in [3.8, 4) is 0 Å². The molecule has 5 rings (SSSR count). The second-order valence-electron chi connectivity index (χ2n) is 9.44. The minimum Gasteiger partial charge on any atom is -0.365 e. The van der Waals surface area contributed by atoms with E-state index in [9.17, 15) is 22.4 Å². The molecule has 0 spiro atoms. The third-order valence-corrected chi connectivity index (χ3v) is 7.13. The summed E-state index contributed by atoms with van der Waals surface area (Å²) in [7, 11) is 0. The van der Waals surface area contributed by atoms with Crippen LogP contribution in [0.3, 0.4) is 0 Å². The van der Waals surface area contributed by atoms with Crippen LogP contribution in [0.4, 0.5) is 28.9 Å². The molecule has 1 saturated heterocycles. The van der Waals surface area contributed by atoms with Crippen LogP contribution in [0.15, 0.2) is 72.8 Å². The van der Waals surface area contributed by atoms with Crippen LogP contribution >= 0.6 is 0 Å². The number of benzene rings is 3. The van der Waals surface area contributed by atoms with E-state index >= 15 is 0 Å². The maximum absolute atomic E-state index is 13.4. The molecule has 3 aromatic rings. The summed E-state index contributed by atoms with van der Waals surface area (Å²) in [6.07, 6.45) is -3.36. The maximum Gasteiger partial charge on any atom is 0.416 e. The van der Waals surface area contributed by atoms with Crippen molar-refractivity contribution in [1.29, 1.82) is 0 Å². The van der Waals surface area contributed by atoms with Gasteiger partial charge in [-0.3, -0.25) is 9.69 Å². The van der Waals surface area contributed by atoms with Crippen LogP contribution in [-0.4, -0.2) is 43.0 Å². The van der Waals surface area contributed by atoms with Gasteiger partial charge in [0, 0.05) is 37.6 Å². The second-order valence-corrected chi connectivity index (χ2v) is 9.44. The van der Waals surface area contributed by atoms with Crippen LogP contribution < -0.4 is 10.2 Å². The van der Waals surface area contributed by atoms with Crippen molar-refractivity contribution in [3.63, 3.8) is 0 Å². The zero-order valence-corrected chi connectivity index (χ0v) is 19.6. The van der Waals surface area contributed by atoms with Crippen molar-refractivity contribution in [3.05, 3.63) is 95.3 Å². The van der Waals surface area contributed by atoms with Gasteiger partial charge in [0.05, 0.1) is 17.5 Å². The van der Waals surface area contributed by atoms with Crippen LogP contribution in [0.25, 0.3) is 0 Å². The van der Waals surface area contributed by atoms with E-state index in [0.29, 0.717) is 24.3 Å². The molecule has 1 amide bonds. The average Bonchev–Trinajstić information content (AvgIpc) is 2.88. The van der Waals surface area contributed by atoms with Crippen LogP contribution in [0, 0.1) is 11.7 Å². The van der Waals surface area contributed by atoms with Crippen molar-refractivity contribution in [1.82, 2.24) is 4.90 Å². The molecule has 0 unspecified atom stereocenters. The van der Waals surface area contributed by atoms with Gasteiger partial charge < -0.3 is 10.2 Å². The summed E-state index contributed by atoms with van der Waals surface area (Å²) < 4.78 is 53.6. The van der Waals surface area contributed by atoms with E-state index in [4.69, 9.17) is 0 Å². The second kappa shape index (κ2) is 9.93. The SMILES string of the molecule is O=C(Nc1ccc(F)cc1)[C@@H]1Cc2cc(C(F)(F)F)ccc2N2CCN(CCc3ccccc3)C[C@H]12. The fourth-order valence-electron chi connectivity index (χ4n) is 5.26. The van der Waals surface area contributed by atoms with Crippen molar-refractivity contribution in [2.45, 2.75) is 25.1 Å². The first kappa shape index (κ1) is 24.3. The van der Waals surface area contributed by atoms with Crippen LogP contribution in [0.5, 0.6) is 0 Å². The highest BCUT2D eigenvalue weighted by Crippen LogP contribution is 2.40. The summed E-state index contributed by atoms with van der Waals surface area (Å²) >= 11 is 0.